The third kappa shape index (κ3) is 4.28. The van der Waals surface area contributed by atoms with E-state index in [9.17, 15) is 4.79 Å². The summed E-state index contributed by atoms with van der Waals surface area (Å²) in [6, 6.07) is 5.51. The zero-order valence-corrected chi connectivity index (χ0v) is 11.5. The molecule has 0 aliphatic carbocycles. The fraction of sp³-hybridized carbons (Fsp3) is 0.500. The van der Waals surface area contributed by atoms with Gasteiger partial charge in [0.1, 0.15) is 5.75 Å². The molecule has 1 rings (SSSR count). The van der Waals surface area contributed by atoms with E-state index in [1.807, 2.05) is 19.9 Å². The van der Waals surface area contributed by atoms with Crippen molar-refractivity contribution in [2.24, 2.45) is 5.92 Å². The van der Waals surface area contributed by atoms with Gasteiger partial charge in [-0.1, -0.05) is 13.8 Å². The van der Waals surface area contributed by atoms with Gasteiger partial charge in [0.05, 0.1) is 0 Å². The van der Waals surface area contributed by atoms with E-state index in [-0.39, 0.29) is 18.6 Å². The van der Waals surface area contributed by atoms with E-state index in [1.54, 1.807) is 12.1 Å². The Balaban J connectivity index is 2.47. The summed E-state index contributed by atoms with van der Waals surface area (Å²) in [5.41, 5.74) is 7.27. The first kappa shape index (κ1) is 14.4. The molecule has 1 amide bonds. The maximum atomic E-state index is 11.6. The highest BCUT2D eigenvalue weighted by Crippen LogP contribution is 2.19. The van der Waals surface area contributed by atoms with Crippen LogP contribution >= 0.6 is 0 Å². The lowest BCUT2D eigenvalue weighted by atomic mass is 10.1. The number of benzene rings is 1. The summed E-state index contributed by atoms with van der Waals surface area (Å²) in [5.74, 6) is 0.996. The molecule has 0 saturated carbocycles. The highest BCUT2D eigenvalue weighted by atomic mass is 16.5. The number of carbonyl (C=O) groups is 1. The number of nitrogens with two attached hydrogens (primary N) is 1. The number of nitrogen functional groups attached to an aromatic ring is 1. The van der Waals surface area contributed by atoms with E-state index in [2.05, 4.69) is 19.2 Å². The average Bonchev–Trinajstić information content (AvgIpc) is 2.27. The van der Waals surface area contributed by atoms with Gasteiger partial charge in [0.2, 0.25) is 0 Å². The summed E-state index contributed by atoms with van der Waals surface area (Å²) in [6.45, 7) is 8.05. The van der Waals surface area contributed by atoms with Crippen molar-refractivity contribution in [1.29, 1.82) is 0 Å². The molecule has 0 spiro atoms. The first-order valence-electron chi connectivity index (χ1n) is 6.18. The minimum absolute atomic E-state index is 0.0296. The van der Waals surface area contributed by atoms with Crippen molar-refractivity contribution in [3.63, 3.8) is 0 Å². The molecule has 0 fully saturated rings. The summed E-state index contributed by atoms with van der Waals surface area (Å²) in [5, 5.41) is 2.89. The molecule has 0 aromatic heterocycles. The molecule has 0 bridgehead atoms. The Bertz CT molecular complexity index is 416. The maximum Gasteiger partial charge on any atom is 0.258 e. The van der Waals surface area contributed by atoms with Gasteiger partial charge in [-0.25, -0.2) is 0 Å². The van der Waals surface area contributed by atoms with Gasteiger partial charge in [-0.2, -0.15) is 0 Å². The van der Waals surface area contributed by atoms with E-state index in [0.717, 1.165) is 5.56 Å². The van der Waals surface area contributed by atoms with Crippen LogP contribution in [0.5, 0.6) is 5.75 Å². The molecule has 1 atom stereocenters. The molecule has 4 nitrogen and oxygen atoms in total. The van der Waals surface area contributed by atoms with Crippen LogP contribution in [0.15, 0.2) is 18.2 Å². The quantitative estimate of drug-likeness (QED) is 0.787. The summed E-state index contributed by atoms with van der Waals surface area (Å²) in [7, 11) is 0. The van der Waals surface area contributed by atoms with Crippen molar-refractivity contribution < 1.29 is 9.53 Å². The molecule has 1 unspecified atom stereocenters. The fourth-order valence-electron chi connectivity index (χ4n) is 1.44. The van der Waals surface area contributed by atoms with Crippen molar-refractivity contribution in [2.75, 3.05) is 12.3 Å². The summed E-state index contributed by atoms with van der Waals surface area (Å²) in [6.07, 6.45) is 0. The molecule has 0 saturated heterocycles. The number of nitrogens with one attached hydrogen (secondary N) is 1. The predicted octanol–water partition coefficient (Wildman–Crippen LogP) is 2.12. The van der Waals surface area contributed by atoms with Crippen molar-refractivity contribution in [2.45, 2.75) is 33.7 Å². The highest BCUT2D eigenvalue weighted by molar-refractivity contribution is 5.77. The smallest absolute Gasteiger partial charge is 0.258 e. The maximum absolute atomic E-state index is 11.6. The summed E-state index contributed by atoms with van der Waals surface area (Å²) < 4.78 is 5.47. The topological polar surface area (TPSA) is 64.3 Å². The van der Waals surface area contributed by atoms with Gasteiger partial charge in [0.15, 0.2) is 6.61 Å². The largest absolute Gasteiger partial charge is 0.484 e. The van der Waals surface area contributed by atoms with Gasteiger partial charge in [0, 0.05) is 11.7 Å². The van der Waals surface area contributed by atoms with Crippen LogP contribution in [0, 0.1) is 12.8 Å². The zero-order valence-electron chi connectivity index (χ0n) is 11.5. The van der Waals surface area contributed by atoms with Crippen LogP contribution in [0.4, 0.5) is 5.69 Å². The molecule has 18 heavy (non-hydrogen) atoms. The number of hydrogen-bond acceptors (Lipinski definition) is 3. The van der Waals surface area contributed by atoms with Crippen LogP contribution < -0.4 is 15.8 Å². The van der Waals surface area contributed by atoms with Gasteiger partial charge < -0.3 is 15.8 Å². The van der Waals surface area contributed by atoms with Crippen LogP contribution in [-0.2, 0) is 4.79 Å². The average molecular weight is 250 g/mol. The number of carbonyl (C=O) groups excluding carboxylic acids is 1. The lowest BCUT2D eigenvalue weighted by Crippen LogP contribution is -2.39. The minimum Gasteiger partial charge on any atom is -0.484 e. The van der Waals surface area contributed by atoms with E-state index in [4.69, 9.17) is 10.5 Å². The van der Waals surface area contributed by atoms with Crippen LogP contribution in [0.2, 0.25) is 0 Å². The molecular formula is C14H22N2O2. The number of aryl methyl sites for hydroxylation is 1. The zero-order chi connectivity index (χ0) is 13.7. The standard InChI is InChI=1S/C14H22N2O2/c1-9(2)11(4)16-14(17)8-18-13-6-5-12(15)7-10(13)3/h5-7,9,11H,8,15H2,1-4H3,(H,16,17). The molecule has 0 aliphatic heterocycles. The van der Waals surface area contributed by atoms with Gasteiger partial charge >= 0.3 is 0 Å². The molecular weight excluding hydrogens is 228 g/mol. The monoisotopic (exact) mass is 250 g/mol. The van der Waals surface area contributed by atoms with Crippen LogP contribution in [0.25, 0.3) is 0 Å². The number of rotatable bonds is 5. The molecule has 3 N–H and O–H groups in total. The summed E-state index contributed by atoms with van der Waals surface area (Å²) in [4.78, 5) is 11.6. The van der Waals surface area contributed by atoms with Crippen molar-refractivity contribution in [3.05, 3.63) is 23.8 Å². The van der Waals surface area contributed by atoms with Gasteiger partial charge in [0.25, 0.3) is 5.91 Å². The minimum atomic E-state index is -0.104. The molecule has 0 heterocycles. The third-order valence-corrected chi connectivity index (χ3v) is 2.95. The Morgan fingerprint density at radius 3 is 2.61 bits per heavy atom. The molecule has 1 aromatic carbocycles. The highest BCUT2D eigenvalue weighted by Gasteiger charge is 2.11. The Kier molecular flexibility index (Phi) is 5.01. The Labute approximate surface area is 109 Å². The predicted molar refractivity (Wildman–Crippen MR) is 73.5 cm³/mol. The van der Waals surface area contributed by atoms with Gasteiger partial charge in [-0.3, -0.25) is 4.79 Å². The Hall–Kier alpha value is -1.71. The SMILES string of the molecule is Cc1cc(N)ccc1OCC(=O)NC(C)C(C)C. The van der Waals surface area contributed by atoms with Crippen molar-refractivity contribution in [1.82, 2.24) is 5.32 Å². The van der Waals surface area contributed by atoms with E-state index >= 15 is 0 Å². The van der Waals surface area contributed by atoms with E-state index < -0.39 is 0 Å². The first-order valence-corrected chi connectivity index (χ1v) is 6.18. The fourth-order valence-corrected chi connectivity index (χ4v) is 1.44. The number of ether oxygens (including phenoxy) is 1. The molecule has 4 heteroatoms. The molecule has 1 aromatic rings. The lowest BCUT2D eigenvalue weighted by molar-refractivity contribution is -0.124. The summed E-state index contributed by atoms with van der Waals surface area (Å²) >= 11 is 0. The normalized spacial score (nSPS) is 12.3. The van der Waals surface area contributed by atoms with Gasteiger partial charge in [-0.05, 0) is 43.5 Å². The van der Waals surface area contributed by atoms with E-state index in [1.165, 1.54) is 0 Å². The second-order valence-electron chi connectivity index (χ2n) is 4.91. The molecule has 0 radical (unpaired) electrons. The Morgan fingerprint density at radius 1 is 1.39 bits per heavy atom. The third-order valence-electron chi connectivity index (χ3n) is 2.95. The van der Waals surface area contributed by atoms with Crippen molar-refractivity contribution >= 4 is 11.6 Å². The number of anilines is 1. The van der Waals surface area contributed by atoms with Crippen molar-refractivity contribution in [3.8, 4) is 5.75 Å². The Morgan fingerprint density at radius 2 is 2.06 bits per heavy atom. The second-order valence-corrected chi connectivity index (χ2v) is 4.91. The number of amides is 1. The lowest BCUT2D eigenvalue weighted by Gasteiger charge is -2.17. The van der Waals surface area contributed by atoms with Gasteiger partial charge in [-0.15, -0.1) is 0 Å². The van der Waals surface area contributed by atoms with Crippen LogP contribution in [-0.4, -0.2) is 18.6 Å². The van der Waals surface area contributed by atoms with Crippen LogP contribution in [0.1, 0.15) is 26.3 Å². The second kappa shape index (κ2) is 6.28. The van der Waals surface area contributed by atoms with Crippen LogP contribution in [0.3, 0.4) is 0 Å². The first-order chi connectivity index (χ1) is 8.40. The number of hydrogen-bond donors (Lipinski definition) is 2. The molecule has 100 valence electrons. The van der Waals surface area contributed by atoms with E-state index in [0.29, 0.717) is 17.4 Å². The molecule has 0 aliphatic rings.